The molecule has 1 atom stereocenters. The largest absolute Gasteiger partial charge is 0.486 e. The molecule has 1 aromatic heterocycles. The molecule has 2 aromatic rings. The van der Waals surface area contributed by atoms with Gasteiger partial charge in [-0.1, -0.05) is 6.07 Å². The summed E-state index contributed by atoms with van der Waals surface area (Å²) in [6, 6.07) is 5.90. The molecule has 1 fully saturated rings. The fourth-order valence-corrected chi connectivity index (χ4v) is 3.48. The van der Waals surface area contributed by atoms with Crippen LogP contribution >= 0.6 is 0 Å². The van der Waals surface area contributed by atoms with Crippen LogP contribution in [0.3, 0.4) is 0 Å². The predicted molar refractivity (Wildman–Crippen MR) is 99.0 cm³/mol. The first-order chi connectivity index (χ1) is 13.2. The lowest BCUT2D eigenvalue weighted by molar-refractivity contribution is -0.139. The number of hydrogen-bond donors (Lipinski definition) is 0. The minimum Gasteiger partial charge on any atom is -0.486 e. The van der Waals surface area contributed by atoms with Crippen molar-refractivity contribution in [2.24, 2.45) is 0 Å². The zero-order valence-electron chi connectivity index (χ0n) is 15.6. The normalized spacial score (nSPS) is 19.1. The molecule has 1 unspecified atom stereocenters. The average Bonchev–Trinajstić information content (AvgIpc) is 3.10. The summed E-state index contributed by atoms with van der Waals surface area (Å²) in [6.45, 7) is 5.66. The Hall–Kier alpha value is -2.54. The number of aromatic nitrogens is 2. The number of aryl methyl sites for hydroxylation is 2. The van der Waals surface area contributed by atoms with Crippen LogP contribution in [0.1, 0.15) is 17.5 Å². The van der Waals surface area contributed by atoms with Crippen LogP contribution in [-0.4, -0.2) is 59.6 Å². The second kappa shape index (κ2) is 8.00. The van der Waals surface area contributed by atoms with Gasteiger partial charge in [-0.15, -0.1) is 0 Å². The molecule has 7 nitrogen and oxygen atoms in total. The van der Waals surface area contributed by atoms with Gasteiger partial charge in [0.25, 0.3) is 0 Å². The monoisotopic (exact) mass is 371 g/mol. The van der Waals surface area contributed by atoms with E-state index in [1.165, 1.54) is 0 Å². The highest BCUT2D eigenvalue weighted by atomic mass is 16.6. The Balaban J connectivity index is 1.30. The second-order valence-electron chi connectivity index (χ2n) is 7.05. The summed E-state index contributed by atoms with van der Waals surface area (Å²) in [5.74, 6) is 1.71. The Bertz CT molecular complexity index is 804. The first-order valence-corrected chi connectivity index (χ1v) is 9.44. The zero-order valence-corrected chi connectivity index (χ0v) is 15.6. The highest BCUT2D eigenvalue weighted by molar-refractivity contribution is 5.76. The molecule has 2 aliphatic heterocycles. The van der Waals surface area contributed by atoms with Crippen LogP contribution in [0.4, 0.5) is 0 Å². The Morgan fingerprint density at radius 3 is 2.89 bits per heavy atom. The van der Waals surface area contributed by atoms with Crippen molar-refractivity contribution in [3.63, 3.8) is 0 Å². The smallest absolute Gasteiger partial charge is 0.223 e. The minimum absolute atomic E-state index is 0.0173. The molecule has 0 spiro atoms. The van der Waals surface area contributed by atoms with Gasteiger partial charge in [0.05, 0.1) is 25.5 Å². The van der Waals surface area contributed by atoms with Crippen LogP contribution in [0.2, 0.25) is 0 Å². The van der Waals surface area contributed by atoms with E-state index < -0.39 is 0 Å². The number of benzene rings is 1. The maximum absolute atomic E-state index is 12.7. The Labute approximate surface area is 158 Å². The van der Waals surface area contributed by atoms with Gasteiger partial charge >= 0.3 is 0 Å². The third kappa shape index (κ3) is 4.42. The third-order valence-corrected chi connectivity index (χ3v) is 4.88. The van der Waals surface area contributed by atoms with Gasteiger partial charge in [-0.05, 0) is 36.6 Å². The van der Waals surface area contributed by atoms with Crippen molar-refractivity contribution in [2.45, 2.75) is 32.4 Å². The number of fused-ring (bicyclic) bond motifs is 1. The molecule has 1 amide bonds. The number of hydrogen-bond acceptors (Lipinski definition) is 5. The van der Waals surface area contributed by atoms with E-state index in [4.69, 9.17) is 14.2 Å². The summed E-state index contributed by atoms with van der Waals surface area (Å²) in [7, 11) is 0. The number of rotatable bonds is 5. The van der Waals surface area contributed by atoms with Crippen LogP contribution in [0.15, 0.2) is 30.6 Å². The fraction of sp³-hybridized carbons (Fsp3) is 0.500. The molecule has 27 heavy (non-hydrogen) atoms. The van der Waals surface area contributed by atoms with Gasteiger partial charge in [0.15, 0.2) is 11.5 Å². The van der Waals surface area contributed by atoms with Gasteiger partial charge in [-0.25, -0.2) is 0 Å². The maximum Gasteiger partial charge on any atom is 0.223 e. The molecule has 1 saturated heterocycles. The van der Waals surface area contributed by atoms with Crippen LogP contribution in [0.5, 0.6) is 11.5 Å². The lowest BCUT2D eigenvalue weighted by Gasteiger charge is -2.33. The van der Waals surface area contributed by atoms with Gasteiger partial charge in [0.1, 0.15) is 13.2 Å². The van der Waals surface area contributed by atoms with Crippen molar-refractivity contribution < 1.29 is 19.0 Å². The number of amides is 1. The predicted octanol–water partition coefficient (Wildman–Crippen LogP) is 1.82. The van der Waals surface area contributed by atoms with E-state index >= 15 is 0 Å². The molecule has 0 N–H and O–H groups in total. The van der Waals surface area contributed by atoms with E-state index in [2.05, 4.69) is 5.10 Å². The average molecular weight is 371 g/mol. The van der Waals surface area contributed by atoms with Crippen molar-refractivity contribution in [1.82, 2.24) is 14.7 Å². The number of morpholine rings is 1. The van der Waals surface area contributed by atoms with Crippen molar-refractivity contribution in [1.29, 1.82) is 0 Å². The summed E-state index contributed by atoms with van der Waals surface area (Å²) in [6.07, 6.45) is 4.98. The summed E-state index contributed by atoms with van der Waals surface area (Å²) in [4.78, 5) is 14.6. The summed E-state index contributed by atoms with van der Waals surface area (Å²) in [5.41, 5.74) is 2.21. The van der Waals surface area contributed by atoms with E-state index in [1.807, 2.05) is 47.1 Å². The van der Waals surface area contributed by atoms with Crippen LogP contribution in [0.25, 0.3) is 0 Å². The highest BCUT2D eigenvalue weighted by Crippen LogP contribution is 2.31. The van der Waals surface area contributed by atoms with Crippen LogP contribution in [-0.2, 0) is 22.5 Å². The minimum atomic E-state index is -0.0173. The third-order valence-electron chi connectivity index (χ3n) is 4.88. The lowest BCUT2D eigenvalue weighted by Crippen LogP contribution is -2.47. The Kier molecular flexibility index (Phi) is 5.29. The van der Waals surface area contributed by atoms with Crippen molar-refractivity contribution in [3.8, 4) is 11.5 Å². The van der Waals surface area contributed by atoms with Gasteiger partial charge in [-0.3, -0.25) is 9.48 Å². The van der Waals surface area contributed by atoms with E-state index in [9.17, 15) is 4.79 Å². The molecular formula is C20H25N3O4. The van der Waals surface area contributed by atoms with Gasteiger partial charge < -0.3 is 19.1 Å². The number of nitrogens with zero attached hydrogens (tertiary/aromatic N) is 3. The van der Waals surface area contributed by atoms with Crippen molar-refractivity contribution in [3.05, 3.63) is 41.7 Å². The first kappa shape index (κ1) is 17.9. The van der Waals surface area contributed by atoms with Crippen LogP contribution < -0.4 is 9.47 Å². The van der Waals surface area contributed by atoms with E-state index in [1.54, 1.807) is 0 Å². The van der Waals surface area contributed by atoms with Gasteiger partial charge in [-0.2, -0.15) is 5.10 Å². The molecule has 144 valence electrons. The fourth-order valence-electron chi connectivity index (χ4n) is 3.48. The molecule has 0 saturated carbocycles. The molecule has 4 rings (SSSR count). The number of carbonyl (C=O) groups excluding carboxylic acids is 1. The van der Waals surface area contributed by atoms with Gasteiger partial charge in [0.2, 0.25) is 5.91 Å². The highest BCUT2D eigenvalue weighted by Gasteiger charge is 2.24. The summed E-state index contributed by atoms with van der Waals surface area (Å²) >= 11 is 0. The second-order valence-corrected chi connectivity index (χ2v) is 7.05. The first-order valence-electron chi connectivity index (χ1n) is 9.44. The van der Waals surface area contributed by atoms with Crippen molar-refractivity contribution in [2.75, 3.05) is 32.9 Å². The molecule has 0 radical (unpaired) electrons. The molecule has 7 heteroatoms. The topological polar surface area (TPSA) is 65.8 Å². The maximum atomic E-state index is 12.7. The van der Waals surface area contributed by atoms with E-state index in [0.717, 1.165) is 22.6 Å². The van der Waals surface area contributed by atoms with Crippen molar-refractivity contribution >= 4 is 5.91 Å². The lowest BCUT2D eigenvalue weighted by atomic mass is 10.1. The summed E-state index contributed by atoms with van der Waals surface area (Å²) < 4.78 is 18.8. The molecule has 3 heterocycles. The molecule has 2 aliphatic rings. The SMILES string of the molecule is Cc1cnn(CC2CN(C(=O)CCc3ccc4c(c3)OCCO4)CCO2)c1. The van der Waals surface area contributed by atoms with E-state index in [0.29, 0.717) is 52.3 Å². The summed E-state index contributed by atoms with van der Waals surface area (Å²) in [5, 5.41) is 4.30. The zero-order chi connectivity index (χ0) is 18.6. The Morgan fingerprint density at radius 1 is 1.22 bits per heavy atom. The standard InChI is InChI=1S/C20H25N3O4/c1-15-11-21-23(12-15)14-17-13-22(6-7-25-17)20(24)5-3-16-2-4-18-19(10-16)27-9-8-26-18/h2,4,10-12,17H,3,5-9,13-14H2,1H3. The molecule has 0 aliphatic carbocycles. The van der Waals surface area contributed by atoms with Crippen LogP contribution in [0, 0.1) is 6.92 Å². The van der Waals surface area contributed by atoms with Gasteiger partial charge in [0, 0.05) is 25.7 Å². The Morgan fingerprint density at radius 2 is 2.07 bits per heavy atom. The quantitative estimate of drug-likeness (QED) is 0.802. The number of carbonyl (C=O) groups is 1. The molecule has 1 aromatic carbocycles. The molecule has 0 bridgehead atoms. The number of ether oxygens (including phenoxy) is 3. The van der Waals surface area contributed by atoms with E-state index in [-0.39, 0.29) is 12.0 Å². The molecular weight excluding hydrogens is 346 g/mol.